The molecule has 62 valence electrons. The van der Waals surface area contributed by atoms with E-state index in [9.17, 15) is 0 Å². The maximum atomic E-state index is 3.38. The van der Waals surface area contributed by atoms with E-state index in [-0.39, 0.29) is 5.41 Å². The quantitative estimate of drug-likeness (QED) is 0.586. The maximum Gasteiger partial charge on any atom is 0.0206 e. The van der Waals surface area contributed by atoms with E-state index in [1.807, 2.05) is 0 Å². The molecule has 0 saturated heterocycles. The lowest BCUT2D eigenvalue weighted by molar-refractivity contribution is 0.571. The van der Waals surface area contributed by atoms with E-state index in [1.165, 1.54) is 17.0 Å². The fourth-order valence-electron chi connectivity index (χ4n) is 1.07. The van der Waals surface area contributed by atoms with Gasteiger partial charge >= 0.3 is 0 Å². The first-order chi connectivity index (χ1) is 4.91. The molecule has 0 unspecified atom stereocenters. The van der Waals surface area contributed by atoms with E-state index in [4.69, 9.17) is 0 Å². The molecule has 0 aliphatic carbocycles. The molecule has 0 fully saturated rings. The van der Waals surface area contributed by atoms with Crippen LogP contribution in [0.4, 0.5) is 0 Å². The highest BCUT2D eigenvalue weighted by Gasteiger charge is 2.15. The van der Waals surface area contributed by atoms with Gasteiger partial charge in [0.05, 0.1) is 0 Å². The number of hydrogen-bond acceptors (Lipinski definition) is 0. The first-order valence-corrected chi connectivity index (χ1v) is 4.08. The summed E-state index contributed by atoms with van der Waals surface area (Å²) >= 11 is 0. The smallest absolute Gasteiger partial charge is 0.0206 e. The lowest BCUT2D eigenvalue weighted by Gasteiger charge is -2.15. The van der Waals surface area contributed by atoms with E-state index in [0.717, 1.165) is 0 Å². The van der Waals surface area contributed by atoms with Crippen LogP contribution in [0.5, 0.6) is 0 Å². The molecule has 1 aromatic rings. The summed E-state index contributed by atoms with van der Waals surface area (Å²) in [4.78, 5) is 3.38. The zero-order valence-corrected chi connectivity index (χ0v) is 8.08. The zero-order chi connectivity index (χ0) is 8.65. The molecule has 11 heavy (non-hydrogen) atoms. The highest BCUT2D eigenvalue weighted by atomic mass is 14.7. The number of nitrogens with one attached hydrogen (secondary N) is 1. The number of aromatic nitrogens is 1. The summed E-state index contributed by atoms with van der Waals surface area (Å²) in [5.41, 5.74) is 4.22. The minimum atomic E-state index is 0.249. The van der Waals surface area contributed by atoms with Gasteiger partial charge in [-0.05, 0) is 25.5 Å². The molecule has 0 aliphatic heterocycles. The van der Waals surface area contributed by atoms with Crippen LogP contribution < -0.4 is 0 Å². The van der Waals surface area contributed by atoms with Gasteiger partial charge in [-0.1, -0.05) is 20.8 Å². The summed E-state index contributed by atoms with van der Waals surface area (Å²) in [6.45, 7) is 10.9. The third kappa shape index (κ3) is 1.65. The number of rotatable bonds is 0. The van der Waals surface area contributed by atoms with E-state index >= 15 is 0 Å². The number of H-pyrrole nitrogens is 1. The molecule has 1 nitrogen and oxygen atoms in total. The van der Waals surface area contributed by atoms with Crippen LogP contribution >= 0.6 is 0 Å². The average Bonchev–Trinajstić information content (AvgIpc) is 2.11. The van der Waals surface area contributed by atoms with Crippen molar-refractivity contribution in [1.82, 2.24) is 4.98 Å². The second-order valence-corrected chi connectivity index (χ2v) is 4.24. The maximum absolute atomic E-state index is 3.38. The Morgan fingerprint density at radius 2 is 1.73 bits per heavy atom. The molecular formula is C10H17N. The van der Waals surface area contributed by atoms with E-state index in [0.29, 0.717) is 0 Å². The van der Waals surface area contributed by atoms with E-state index in [1.54, 1.807) is 0 Å². The van der Waals surface area contributed by atoms with Crippen molar-refractivity contribution in [3.8, 4) is 0 Å². The standard InChI is InChI=1S/C10H17N/c1-7-6-9(10(3,4)5)11-8(7)2/h6,11H,1-5H3. The van der Waals surface area contributed by atoms with Crippen molar-refractivity contribution in [2.45, 2.75) is 40.0 Å². The van der Waals surface area contributed by atoms with Gasteiger partial charge in [-0.15, -0.1) is 0 Å². The summed E-state index contributed by atoms with van der Waals surface area (Å²) in [5, 5.41) is 0. The molecule has 0 bridgehead atoms. The van der Waals surface area contributed by atoms with Crippen molar-refractivity contribution >= 4 is 0 Å². The number of aryl methyl sites for hydroxylation is 2. The van der Waals surface area contributed by atoms with Crippen LogP contribution in [0.15, 0.2) is 6.07 Å². The highest BCUT2D eigenvalue weighted by Crippen LogP contribution is 2.22. The fourth-order valence-corrected chi connectivity index (χ4v) is 1.07. The van der Waals surface area contributed by atoms with Gasteiger partial charge in [0.15, 0.2) is 0 Å². The first-order valence-electron chi connectivity index (χ1n) is 4.08. The molecule has 1 aromatic heterocycles. The van der Waals surface area contributed by atoms with Crippen LogP contribution in [-0.2, 0) is 5.41 Å². The lowest BCUT2D eigenvalue weighted by Crippen LogP contribution is -2.11. The van der Waals surface area contributed by atoms with Gasteiger partial charge in [0.1, 0.15) is 0 Å². The molecule has 1 heteroatoms. The molecule has 0 spiro atoms. The summed E-state index contributed by atoms with van der Waals surface area (Å²) in [7, 11) is 0. The van der Waals surface area contributed by atoms with Crippen LogP contribution in [0, 0.1) is 13.8 Å². The molecule has 0 atom stereocenters. The Balaban J connectivity index is 3.08. The van der Waals surface area contributed by atoms with Crippen LogP contribution in [0.3, 0.4) is 0 Å². The Hall–Kier alpha value is -0.720. The lowest BCUT2D eigenvalue weighted by atomic mass is 9.92. The minimum Gasteiger partial charge on any atom is -0.362 e. The molecule has 1 rings (SSSR count). The summed E-state index contributed by atoms with van der Waals surface area (Å²) in [6.07, 6.45) is 0. The Bertz CT molecular complexity index is 231. The Kier molecular flexibility index (Phi) is 1.83. The van der Waals surface area contributed by atoms with E-state index < -0.39 is 0 Å². The molecular weight excluding hydrogens is 134 g/mol. The first kappa shape index (κ1) is 8.38. The van der Waals surface area contributed by atoms with Gasteiger partial charge in [0.2, 0.25) is 0 Å². The molecule has 0 radical (unpaired) electrons. The third-order valence-corrected chi connectivity index (χ3v) is 2.08. The topological polar surface area (TPSA) is 15.8 Å². The second-order valence-electron chi connectivity index (χ2n) is 4.24. The highest BCUT2D eigenvalue weighted by molar-refractivity contribution is 5.27. The van der Waals surface area contributed by atoms with Crippen molar-refractivity contribution in [3.05, 3.63) is 23.0 Å². The van der Waals surface area contributed by atoms with Crippen LogP contribution in [0.1, 0.15) is 37.7 Å². The molecule has 1 heterocycles. The summed E-state index contributed by atoms with van der Waals surface area (Å²) in [5.74, 6) is 0. The van der Waals surface area contributed by atoms with Crippen molar-refractivity contribution in [2.24, 2.45) is 0 Å². The Morgan fingerprint density at radius 1 is 1.18 bits per heavy atom. The van der Waals surface area contributed by atoms with Crippen molar-refractivity contribution in [3.63, 3.8) is 0 Å². The SMILES string of the molecule is Cc1cc(C(C)(C)C)[nH]c1C. The van der Waals surface area contributed by atoms with Crippen molar-refractivity contribution < 1.29 is 0 Å². The molecule has 0 aromatic carbocycles. The van der Waals surface area contributed by atoms with Crippen LogP contribution in [0.2, 0.25) is 0 Å². The fraction of sp³-hybridized carbons (Fsp3) is 0.600. The van der Waals surface area contributed by atoms with Crippen LogP contribution in [0.25, 0.3) is 0 Å². The van der Waals surface area contributed by atoms with E-state index in [2.05, 4.69) is 45.7 Å². The summed E-state index contributed by atoms with van der Waals surface area (Å²) in [6, 6.07) is 2.23. The minimum absolute atomic E-state index is 0.249. The second kappa shape index (κ2) is 2.40. The normalized spacial score (nSPS) is 12.1. The monoisotopic (exact) mass is 151 g/mol. The molecule has 0 saturated carbocycles. The van der Waals surface area contributed by atoms with Crippen molar-refractivity contribution in [2.75, 3.05) is 0 Å². The molecule has 0 amide bonds. The van der Waals surface area contributed by atoms with Gasteiger partial charge in [-0.25, -0.2) is 0 Å². The van der Waals surface area contributed by atoms with Gasteiger partial charge in [0, 0.05) is 16.8 Å². The Labute approximate surface area is 68.8 Å². The van der Waals surface area contributed by atoms with Crippen LogP contribution in [-0.4, -0.2) is 4.98 Å². The average molecular weight is 151 g/mol. The third-order valence-electron chi connectivity index (χ3n) is 2.08. The molecule has 1 N–H and O–H groups in total. The number of aromatic amines is 1. The largest absolute Gasteiger partial charge is 0.362 e. The van der Waals surface area contributed by atoms with Crippen molar-refractivity contribution in [1.29, 1.82) is 0 Å². The predicted molar refractivity (Wildman–Crippen MR) is 49.0 cm³/mol. The zero-order valence-electron chi connectivity index (χ0n) is 8.08. The Morgan fingerprint density at radius 3 is 1.91 bits per heavy atom. The van der Waals surface area contributed by atoms with Gasteiger partial charge < -0.3 is 4.98 Å². The number of hydrogen-bond donors (Lipinski definition) is 1. The van der Waals surface area contributed by atoms with Gasteiger partial charge in [-0.3, -0.25) is 0 Å². The van der Waals surface area contributed by atoms with Gasteiger partial charge in [-0.2, -0.15) is 0 Å². The summed E-state index contributed by atoms with van der Waals surface area (Å²) < 4.78 is 0. The molecule has 0 aliphatic rings. The predicted octanol–water partition coefficient (Wildman–Crippen LogP) is 2.93. The van der Waals surface area contributed by atoms with Gasteiger partial charge in [0.25, 0.3) is 0 Å².